The van der Waals surface area contributed by atoms with E-state index in [1.807, 2.05) is 0 Å². The highest BCUT2D eigenvalue weighted by Crippen LogP contribution is 2.29. The molecule has 2 amide bonds. The number of benzene rings is 1. The highest BCUT2D eigenvalue weighted by Gasteiger charge is 2.36. The molecular formula is C18H25N3O4. The van der Waals surface area contributed by atoms with Crippen LogP contribution in [-0.2, 0) is 4.79 Å². The summed E-state index contributed by atoms with van der Waals surface area (Å²) in [6.45, 7) is 1.96. The quantitative estimate of drug-likeness (QED) is 0.798. The van der Waals surface area contributed by atoms with Gasteiger partial charge in [-0.2, -0.15) is 0 Å². The molecule has 7 nitrogen and oxygen atoms in total. The molecule has 1 aromatic carbocycles. The summed E-state index contributed by atoms with van der Waals surface area (Å²) in [7, 11) is 1.49. The van der Waals surface area contributed by atoms with Gasteiger partial charge < -0.3 is 20.5 Å². The van der Waals surface area contributed by atoms with Crippen LogP contribution in [0.4, 0.5) is 0 Å². The number of nitrogens with zero attached hydrogens (tertiary/aromatic N) is 1. The SMILES string of the molecule is COc1cc(C(=O)N[C@H]2CCN3CCCC[C@H]23)ccc1OCC(N)=O. The second-order valence-electron chi connectivity index (χ2n) is 6.59. The van der Waals surface area contributed by atoms with Gasteiger partial charge in [0.15, 0.2) is 18.1 Å². The Morgan fingerprint density at radius 2 is 2.08 bits per heavy atom. The van der Waals surface area contributed by atoms with Crippen LogP contribution in [-0.4, -0.2) is 55.6 Å². The fourth-order valence-electron chi connectivity index (χ4n) is 3.74. The molecule has 2 aliphatic heterocycles. The number of nitrogens with one attached hydrogen (secondary N) is 1. The molecule has 2 heterocycles. The fraction of sp³-hybridized carbons (Fsp3) is 0.556. The zero-order chi connectivity index (χ0) is 17.8. The third-order valence-corrected chi connectivity index (χ3v) is 4.97. The molecule has 2 saturated heterocycles. The van der Waals surface area contributed by atoms with E-state index in [4.69, 9.17) is 15.2 Å². The topological polar surface area (TPSA) is 93.9 Å². The van der Waals surface area contributed by atoms with Gasteiger partial charge in [0.05, 0.1) is 7.11 Å². The van der Waals surface area contributed by atoms with Crippen molar-refractivity contribution in [2.24, 2.45) is 5.73 Å². The number of ether oxygens (including phenoxy) is 2. The van der Waals surface area contributed by atoms with Gasteiger partial charge in [0.2, 0.25) is 0 Å². The molecule has 3 rings (SSSR count). The molecular weight excluding hydrogens is 322 g/mol. The molecule has 2 atom stereocenters. The largest absolute Gasteiger partial charge is 0.493 e. The first kappa shape index (κ1) is 17.5. The Morgan fingerprint density at radius 1 is 1.24 bits per heavy atom. The molecule has 7 heteroatoms. The van der Waals surface area contributed by atoms with Gasteiger partial charge in [0.1, 0.15) is 0 Å². The first-order valence-electron chi connectivity index (χ1n) is 8.72. The number of piperidine rings is 1. The van der Waals surface area contributed by atoms with Gasteiger partial charge in [0, 0.05) is 24.2 Å². The minimum Gasteiger partial charge on any atom is -0.493 e. The number of methoxy groups -OCH3 is 1. The van der Waals surface area contributed by atoms with E-state index in [0.717, 1.165) is 25.9 Å². The molecule has 0 radical (unpaired) electrons. The van der Waals surface area contributed by atoms with Gasteiger partial charge in [-0.05, 0) is 44.0 Å². The number of nitrogens with two attached hydrogens (primary N) is 1. The maximum absolute atomic E-state index is 12.6. The van der Waals surface area contributed by atoms with Gasteiger partial charge >= 0.3 is 0 Å². The molecule has 0 spiro atoms. The van der Waals surface area contributed by atoms with Crippen LogP contribution in [0, 0.1) is 0 Å². The summed E-state index contributed by atoms with van der Waals surface area (Å²) in [5.74, 6) is 0.108. The van der Waals surface area contributed by atoms with Gasteiger partial charge in [-0.1, -0.05) is 6.42 Å². The molecule has 0 bridgehead atoms. The molecule has 25 heavy (non-hydrogen) atoms. The van der Waals surface area contributed by atoms with Crippen LogP contribution in [0.15, 0.2) is 18.2 Å². The molecule has 2 aliphatic rings. The lowest BCUT2D eigenvalue weighted by molar-refractivity contribution is -0.119. The smallest absolute Gasteiger partial charge is 0.255 e. The summed E-state index contributed by atoms with van der Waals surface area (Å²) in [6.07, 6.45) is 4.62. The number of primary amides is 1. The van der Waals surface area contributed by atoms with Crippen LogP contribution >= 0.6 is 0 Å². The van der Waals surface area contributed by atoms with Gasteiger partial charge in [-0.3, -0.25) is 14.5 Å². The zero-order valence-electron chi connectivity index (χ0n) is 14.5. The molecule has 0 aromatic heterocycles. The van der Waals surface area contributed by atoms with Crippen molar-refractivity contribution in [2.45, 2.75) is 37.8 Å². The maximum Gasteiger partial charge on any atom is 0.255 e. The van der Waals surface area contributed by atoms with Crippen LogP contribution in [0.2, 0.25) is 0 Å². The summed E-state index contributed by atoms with van der Waals surface area (Å²) < 4.78 is 10.5. The minimum absolute atomic E-state index is 0.114. The maximum atomic E-state index is 12.6. The summed E-state index contributed by atoms with van der Waals surface area (Å²) in [5.41, 5.74) is 5.59. The Kier molecular flexibility index (Phi) is 5.43. The summed E-state index contributed by atoms with van der Waals surface area (Å²) in [4.78, 5) is 25.9. The van der Waals surface area contributed by atoms with E-state index in [1.165, 1.54) is 20.0 Å². The van der Waals surface area contributed by atoms with Crippen molar-refractivity contribution in [3.8, 4) is 11.5 Å². The molecule has 0 unspecified atom stereocenters. The standard InChI is InChI=1S/C18H25N3O4/c1-24-16-10-12(5-6-15(16)25-11-17(19)22)18(23)20-13-7-9-21-8-3-2-4-14(13)21/h5-6,10,13-14H,2-4,7-9,11H2,1H3,(H2,19,22)(H,20,23)/t13-,14+/m0/s1. The third-order valence-electron chi connectivity index (χ3n) is 4.97. The number of carbonyl (C=O) groups excluding carboxylic acids is 2. The van der Waals surface area contributed by atoms with E-state index >= 15 is 0 Å². The monoisotopic (exact) mass is 347 g/mol. The third kappa shape index (κ3) is 4.04. The van der Waals surface area contributed by atoms with E-state index in [2.05, 4.69) is 10.2 Å². The fourth-order valence-corrected chi connectivity index (χ4v) is 3.74. The second kappa shape index (κ2) is 7.74. The average Bonchev–Trinajstić information content (AvgIpc) is 3.02. The first-order valence-corrected chi connectivity index (χ1v) is 8.72. The van der Waals surface area contributed by atoms with Gasteiger partial charge in [0.25, 0.3) is 11.8 Å². The van der Waals surface area contributed by atoms with Gasteiger partial charge in [-0.15, -0.1) is 0 Å². The summed E-state index contributed by atoms with van der Waals surface area (Å²) >= 11 is 0. The van der Waals surface area contributed by atoms with Crippen LogP contribution in [0.25, 0.3) is 0 Å². The van der Waals surface area contributed by atoms with Crippen LogP contribution < -0.4 is 20.5 Å². The van der Waals surface area contributed by atoms with E-state index in [9.17, 15) is 9.59 Å². The second-order valence-corrected chi connectivity index (χ2v) is 6.59. The first-order chi connectivity index (χ1) is 12.1. The number of hydrogen-bond donors (Lipinski definition) is 2. The van der Waals surface area contributed by atoms with Crippen molar-refractivity contribution in [1.82, 2.24) is 10.2 Å². The minimum atomic E-state index is -0.567. The Balaban J connectivity index is 1.66. The zero-order valence-corrected chi connectivity index (χ0v) is 14.5. The number of carbonyl (C=O) groups is 2. The van der Waals surface area contributed by atoms with Crippen LogP contribution in [0.1, 0.15) is 36.0 Å². The summed E-state index contributed by atoms with van der Waals surface area (Å²) in [5, 5.41) is 3.16. The van der Waals surface area contributed by atoms with E-state index < -0.39 is 5.91 Å². The van der Waals surface area contributed by atoms with Crippen molar-refractivity contribution in [2.75, 3.05) is 26.8 Å². The van der Waals surface area contributed by atoms with Crippen molar-refractivity contribution >= 4 is 11.8 Å². The van der Waals surface area contributed by atoms with Crippen molar-refractivity contribution in [3.05, 3.63) is 23.8 Å². The molecule has 2 fully saturated rings. The number of fused-ring (bicyclic) bond motifs is 1. The molecule has 1 aromatic rings. The van der Waals surface area contributed by atoms with Crippen molar-refractivity contribution in [1.29, 1.82) is 0 Å². The molecule has 136 valence electrons. The van der Waals surface area contributed by atoms with E-state index in [1.54, 1.807) is 18.2 Å². The van der Waals surface area contributed by atoms with Gasteiger partial charge in [-0.25, -0.2) is 0 Å². The molecule has 0 aliphatic carbocycles. The Bertz CT molecular complexity index is 649. The highest BCUT2D eigenvalue weighted by molar-refractivity contribution is 5.95. The van der Waals surface area contributed by atoms with Crippen LogP contribution in [0.5, 0.6) is 11.5 Å². The normalized spacial score (nSPS) is 22.9. The van der Waals surface area contributed by atoms with Crippen molar-refractivity contribution in [3.63, 3.8) is 0 Å². The lowest BCUT2D eigenvalue weighted by atomic mass is 9.99. The predicted octanol–water partition coefficient (Wildman–Crippen LogP) is 0.916. The Morgan fingerprint density at radius 3 is 2.84 bits per heavy atom. The highest BCUT2D eigenvalue weighted by atomic mass is 16.5. The molecule has 0 saturated carbocycles. The summed E-state index contributed by atoms with van der Waals surface area (Å²) in [6, 6.07) is 5.57. The number of amides is 2. The molecule has 3 N–H and O–H groups in total. The van der Waals surface area contributed by atoms with Crippen LogP contribution in [0.3, 0.4) is 0 Å². The lowest BCUT2D eigenvalue weighted by Crippen LogP contribution is -2.46. The number of hydrogen-bond acceptors (Lipinski definition) is 5. The Hall–Kier alpha value is -2.28. The average molecular weight is 347 g/mol. The lowest BCUT2D eigenvalue weighted by Gasteiger charge is -2.32. The predicted molar refractivity (Wildman–Crippen MR) is 92.8 cm³/mol. The van der Waals surface area contributed by atoms with Crippen molar-refractivity contribution < 1.29 is 19.1 Å². The van der Waals surface area contributed by atoms with E-state index in [0.29, 0.717) is 23.1 Å². The number of rotatable bonds is 6. The Labute approximate surface area is 147 Å². The van der Waals surface area contributed by atoms with E-state index in [-0.39, 0.29) is 18.6 Å².